The van der Waals surface area contributed by atoms with E-state index in [0.29, 0.717) is 0 Å². The van der Waals surface area contributed by atoms with Crippen molar-refractivity contribution in [3.05, 3.63) is 44.7 Å². The first kappa shape index (κ1) is 11.7. The molecule has 0 amide bonds. The van der Waals surface area contributed by atoms with Crippen molar-refractivity contribution in [2.75, 3.05) is 5.73 Å². The van der Waals surface area contributed by atoms with E-state index in [9.17, 15) is 13.6 Å². The van der Waals surface area contributed by atoms with E-state index in [2.05, 4.69) is 25.9 Å². The van der Waals surface area contributed by atoms with Crippen LogP contribution in [-0.2, 0) is 0 Å². The summed E-state index contributed by atoms with van der Waals surface area (Å²) in [6.45, 7) is 0. The Morgan fingerprint density at radius 2 is 2.06 bits per heavy atom. The monoisotopic (exact) mass is 301 g/mol. The first-order valence-corrected chi connectivity index (χ1v) is 5.29. The second kappa shape index (κ2) is 4.25. The Hall–Kier alpha value is -1.76. The van der Waals surface area contributed by atoms with Gasteiger partial charge >= 0.3 is 0 Å². The van der Waals surface area contributed by atoms with Gasteiger partial charge in [-0.1, -0.05) is 6.07 Å². The van der Waals surface area contributed by atoms with Gasteiger partial charge in [0.2, 0.25) is 5.95 Å². The molecule has 0 radical (unpaired) electrons. The Labute approximate surface area is 103 Å². The Morgan fingerprint density at radius 3 is 2.76 bits per heavy atom. The lowest BCUT2D eigenvalue weighted by Gasteiger charge is -2.05. The third kappa shape index (κ3) is 2.05. The van der Waals surface area contributed by atoms with E-state index in [1.807, 2.05) is 0 Å². The normalized spacial score (nSPS) is 10.5. The van der Waals surface area contributed by atoms with Gasteiger partial charge < -0.3 is 5.73 Å². The van der Waals surface area contributed by atoms with Gasteiger partial charge in [0, 0.05) is 5.56 Å². The quantitative estimate of drug-likeness (QED) is 0.847. The van der Waals surface area contributed by atoms with Crippen LogP contribution in [0.2, 0.25) is 0 Å². The lowest BCUT2D eigenvalue weighted by molar-refractivity contribution is 0.511. The van der Waals surface area contributed by atoms with Gasteiger partial charge in [0.15, 0.2) is 11.6 Å². The predicted octanol–water partition coefficient (Wildman–Crippen LogP) is 2.06. The topological polar surface area (TPSA) is 71.8 Å². The fourth-order valence-corrected chi connectivity index (χ4v) is 1.74. The summed E-state index contributed by atoms with van der Waals surface area (Å²) in [4.78, 5) is 17.4. The van der Waals surface area contributed by atoms with E-state index in [4.69, 9.17) is 5.73 Å². The zero-order valence-electron chi connectivity index (χ0n) is 8.30. The molecule has 0 fully saturated rings. The standard InChI is InChI=1S/C10H6BrF2N3O/c11-6-8(15-10(14)16-9(6)17)4-2-1-3-5(12)7(4)13/h1-3H,(H3,14,15,16,17). The van der Waals surface area contributed by atoms with Crippen LogP contribution in [0.25, 0.3) is 11.3 Å². The number of aromatic nitrogens is 2. The lowest BCUT2D eigenvalue weighted by atomic mass is 10.1. The van der Waals surface area contributed by atoms with Crippen molar-refractivity contribution in [3.8, 4) is 11.3 Å². The highest BCUT2D eigenvalue weighted by molar-refractivity contribution is 9.10. The molecule has 7 heteroatoms. The van der Waals surface area contributed by atoms with E-state index >= 15 is 0 Å². The first-order valence-electron chi connectivity index (χ1n) is 4.50. The smallest absolute Gasteiger partial charge is 0.267 e. The summed E-state index contributed by atoms with van der Waals surface area (Å²) in [5.74, 6) is -2.27. The van der Waals surface area contributed by atoms with E-state index in [1.54, 1.807) is 0 Å². The Bertz CT molecular complexity index is 642. The number of benzene rings is 1. The van der Waals surface area contributed by atoms with E-state index < -0.39 is 17.2 Å². The fourth-order valence-electron chi connectivity index (χ4n) is 1.34. The SMILES string of the molecule is Nc1nc(-c2cccc(F)c2F)c(Br)c(=O)[nH]1. The first-order chi connectivity index (χ1) is 8.00. The highest BCUT2D eigenvalue weighted by Gasteiger charge is 2.16. The average Bonchev–Trinajstić information content (AvgIpc) is 2.27. The Kier molecular flexibility index (Phi) is 2.93. The molecular formula is C10H6BrF2N3O. The molecule has 0 unspecified atom stereocenters. The number of nitrogen functional groups attached to an aromatic ring is 1. The number of anilines is 1. The van der Waals surface area contributed by atoms with Crippen molar-refractivity contribution in [1.29, 1.82) is 0 Å². The van der Waals surface area contributed by atoms with Crippen molar-refractivity contribution in [1.82, 2.24) is 9.97 Å². The van der Waals surface area contributed by atoms with Crippen LogP contribution in [0.3, 0.4) is 0 Å². The van der Waals surface area contributed by atoms with Crippen molar-refractivity contribution < 1.29 is 8.78 Å². The number of hydrogen-bond acceptors (Lipinski definition) is 3. The lowest BCUT2D eigenvalue weighted by Crippen LogP contribution is -2.13. The van der Waals surface area contributed by atoms with Gasteiger partial charge in [0.1, 0.15) is 4.47 Å². The molecule has 1 aromatic heterocycles. The van der Waals surface area contributed by atoms with E-state index in [1.165, 1.54) is 12.1 Å². The van der Waals surface area contributed by atoms with Crippen LogP contribution in [-0.4, -0.2) is 9.97 Å². The number of nitrogens with zero attached hydrogens (tertiary/aromatic N) is 1. The molecule has 17 heavy (non-hydrogen) atoms. The molecule has 2 aromatic rings. The summed E-state index contributed by atoms with van der Waals surface area (Å²) in [5.41, 5.74) is 4.62. The zero-order chi connectivity index (χ0) is 12.6. The van der Waals surface area contributed by atoms with Gasteiger partial charge in [-0.3, -0.25) is 9.78 Å². The van der Waals surface area contributed by atoms with Crippen LogP contribution in [0.5, 0.6) is 0 Å². The maximum Gasteiger partial charge on any atom is 0.267 e. The minimum atomic E-state index is -1.08. The maximum atomic E-state index is 13.5. The molecule has 1 aromatic carbocycles. The van der Waals surface area contributed by atoms with Crippen molar-refractivity contribution in [2.45, 2.75) is 0 Å². The van der Waals surface area contributed by atoms with Crippen LogP contribution in [0, 0.1) is 11.6 Å². The number of nitrogens with one attached hydrogen (secondary N) is 1. The van der Waals surface area contributed by atoms with Gasteiger partial charge in [-0.2, -0.15) is 0 Å². The van der Waals surface area contributed by atoms with Crippen LogP contribution >= 0.6 is 15.9 Å². The van der Waals surface area contributed by atoms with Gasteiger partial charge in [-0.15, -0.1) is 0 Å². The second-order valence-electron chi connectivity index (χ2n) is 3.22. The van der Waals surface area contributed by atoms with Gasteiger partial charge in [-0.25, -0.2) is 13.8 Å². The van der Waals surface area contributed by atoms with Gasteiger partial charge in [-0.05, 0) is 28.1 Å². The molecule has 0 atom stereocenters. The van der Waals surface area contributed by atoms with Crippen LogP contribution in [0.15, 0.2) is 27.5 Å². The summed E-state index contributed by atoms with van der Waals surface area (Å²) < 4.78 is 26.6. The molecule has 0 aliphatic heterocycles. The van der Waals surface area contributed by atoms with Crippen LogP contribution in [0.4, 0.5) is 14.7 Å². The molecule has 0 saturated heterocycles. The minimum Gasteiger partial charge on any atom is -0.369 e. The Morgan fingerprint density at radius 1 is 1.35 bits per heavy atom. The van der Waals surface area contributed by atoms with Crippen molar-refractivity contribution >= 4 is 21.9 Å². The number of aromatic amines is 1. The van der Waals surface area contributed by atoms with Crippen LogP contribution < -0.4 is 11.3 Å². The third-order valence-electron chi connectivity index (χ3n) is 2.09. The molecule has 0 aliphatic rings. The largest absolute Gasteiger partial charge is 0.369 e. The number of halogens is 3. The molecule has 0 spiro atoms. The minimum absolute atomic E-state index is 0.00352. The zero-order valence-corrected chi connectivity index (χ0v) is 9.88. The summed E-state index contributed by atoms with van der Waals surface area (Å²) in [5, 5.41) is 0. The molecule has 88 valence electrons. The highest BCUT2D eigenvalue weighted by Crippen LogP contribution is 2.27. The van der Waals surface area contributed by atoms with Gasteiger partial charge in [0.05, 0.1) is 5.69 Å². The second-order valence-corrected chi connectivity index (χ2v) is 4.01. The number of H-pyrrole nitrogens is 1. The number of rotatable bonds is 1. The predicted molar refractivity (Wildman–Crippen MR) is 62.3 cm³/mol. The molecular weight excluding hydrogens is 296 g/mol. The molecule has 3 N–H and O–H groups in total. The molecule has 0 aliphatic carbocycles. The van der Waals surface area contributed by atoms with E-state index in [0.717, 1.165) is 6.07 Å². The fraction of sp³-hybridized carbons (Fsp3) is 0. The summed E-state index contributed by atoms with van der Waals surface area (Å²) in [6.07, 6.45) is 0. The van der Waals surface area contributed by atoms with E-state index in [-0.39, 0.29) is 21.7 Å². The summed E-state index contributed by atoms with van der Waals surface area (Å²) in [6, 6.07) is 3.60. The molecule has 2 rings (SSSR count). The number of nitrogens with two attached hydrogens (primary N) is 1. The Balaban J connectivity index is 2.77. The summed E-state index contributed by atoms with van der Waals surface area (Å²) >= 11 is 2.96. The number of hydrogen-bond donors (Lipinski definition) is 2. The maximum absolute atomic E-state index is 13.5. The molecule has 0 bridgehead atoms. The summed E-state index contributed by atoms with van der Waals surface area (Å²) in [7, 11) is 0. The molecule has 0 saturated carbocycles. The molecule has 4 nitrogen and oxygen atoms in total. The van der Waals surface area contributed by atoms with Crippen molar-refractivity contribution in [2.24, 2.45) is 0 Å². The molecule has 1 heterocycles. The van der Waals surface area contributed by atoms with Crippen LogP contribution in [0.1, 0.15) is 0 Å². The average molecular weight is 302 g/mol. The van der Waals surface area contributed by atoms with Gasteiger partial charge in [0.25, 0.3) is 5.56 Å². The third-order valence-corrected chi connectivity index (χ3v) is 2.82. The highest BCUT2D eigenvalue weighted by atomic mass is 79.9. The van der Waals surface area contributed by atoms with Crippen molar-refractivity contribution in [3.63, 3.8) is 0 Å².